The summed E-state index contributed by atoms with van der Waals surface area (Å²) in [5.41, 5.74) is 2.01. The van der Waals surface area contributed by atoms with Crippen LogP contribution in [0, 0.1) is 11.3 Å². The van der Waals surface area contributed by atoms with Crippen molar-refractivity contribution in [1.29, 1.82) is 0 Å². The molecule has 2 nitrogen and oxygen atoms in total. The summed E-state index contributed by atoms with van der Waals surface area (Å²) in [5, 5.41) is 4.43. The molecule has 2 fully saturated rings. The zero-order valence-electron chi connectivity index (χ0n) is 12.8. The third kappa shape index (κ3) is 4.30. The normalized spacial score (nSPS) is 26.3. The van der Waals surface area contributed by atoms with Gasteiger partial charge in [0.15, 0.2) is 0 Å². The topological polar surface area (TPSA) is 29.1 Å². The standard InChI is InChI=1S/C18H23BrClNO.CH4/c19-11-14-5-6-16(20)15(9-14)17(22)21-12-18-7-1-3-13(10-18)4-2-8-18;/h5-6,9,13H,1-4,7-8,10-12H2,(H,21,22);1H4. The number of rotatable bonds is 4. The number of carbonyl (C=O) groups excluding carboxylic acids is 1. The molecule has 1 aromatic carbocycles. The van der Waals surface area contributed by atoms with Gasteiger partial charge in [0.25, 0.3) is 5.91 Å². The Morgan fingerprint density at radius 2 is 2.00 bits per heavy atom. The third-order valence-corrected chi connectivity index (χ3v) is 6.39. The fourth-order valence-electron chi connectivity index (χ4n) is 4.26. The quantitative estimate of drug-likeness (QED) is 0.620. The predicted octanol–water partition coefficient (Wildman–Crippen LogP) is 5.96. The summed E-state index contributed by atoms with van der Waals surface area (Å²) >= 11 is 9.62. The van der Waals surface area contributed by atoms with Gasteiger partial charge in [-0.05, 0) is 48.3 Å². The van der Waals surface area contributed by atoms with Crippen molar-refractivity contribution in [3.63, 3.8) is 0 Å². The van der Waals surface area contributed by atoms with E-state index >= 15 is 0 Å². The lowest BCUT2D eigenvalue weighted by Gasteiger charge is -2.45. The van der Waals surface area contributed by atoms with Crippen molar-refractivity contribution in [3.8, 4) is 0 Å². The maximum absolute atomic E-state index is 12.5. The Morgan fingerprint density at radius 1 is 1.30 bits per heavy atom. The average molecular weight is 401 g/mol. The molecule has 1 N–H and O–H groups in total. The van der Waals surface area contributed by atoms with E-state index in [4.69, 9.17) is 11.6 Å². The average Bonchev–Trinajstić information content (AvgIpc) is 2.53. The Hall–Kier alpha value is -0.540. The molecule has 23 heavy (non-hydrogen) atoms. The van der Waals surface area contributed by atoms with Crippen LogP contribution >= 0.6 is 27.5 Å². The fourth-order valence-corrected chi connectivity index (χ4v) is 4.82. The SMILES string of the molecule is C.O=C(NCC12CCCC(CCC1)C2)c1cc(CBr)ccc1Cl. The molecule has 2 aliphatic rings. The van der Waals surface area contributed by atoms with E-state index in [9.17, 15) is 4.79 Å². The largest absolute Gasteiger partial charge is 0.351 e. The first-order chi connectivity index (χ1) is 10.6. The second-order valence-corrected chi connectivity index (χ2v) is 7.95. The van der Waals surface area contributed by atoms with Crippen molar-refractivity contribution in [3.05, 3.63) is 34.3 Å². The zero-order chi connectivity index (χ0) is 15.6. The highest BCUT2D eigenvalue weighted by Gasteiger charge is 2.39. The summed E-state index contributed by atoms with van der Waals surface area (Å²) < 4.78 is 0. The number of carbonyl (C=O) groups is 1. The van der Waals surface area contributed by atoms with Crippen molar-refractivity contribution in [1.82, 2.24) is 5.32 Å². The van der Waals surface area contributed by atoms with E-state index in [-0.39, 0.29) is 13.3 Å². The van der Waals surface area contributed by atoms with Crippen LogP contribution in [0.1, 0.15) is 68.3 Å². The molecule has 0 aliphatic heterocycles. The lowest BCUT2D eigenvalue weighted by molar-refractivity contribution is 0.0682. The number of benzene rings is 1. The molecule has 1 amide bonds. The Labute approximate surface area is 153 Å². The van der Waals surface area contributed by atoms with Crippen molar-refractivity contribution in [2.75, 3.05) is 6.54 Å². The number of halogens is 2. The first kappa shape index (κ1) is 18.8. The van der Waals surface area contributed by atoms with Crippen molar-refractivity contribution in [2.45, 2.75) is 57.7 Å². The van der Waals surface area contributed by atoms with Gasteiger partial charge in [-0.15, -0.1) is 0 Å². The monoisotopic (exact) mass is 399 g/mol. The second-order valence-electron chi connectivity index (χ2n) is 6.99. The molecule has 4 heteroatoms. The number of fused-ring (bicyclic) bond motifs is 2. The molecule has 0 heterocycles. The van der Waals surface area contributed by atoms with E-state index in [0.717, 1.165) is 23.4 Å². The van der Waals surface area contributed by atoms with Crippen LogP contribution in [0.4, 0.5) is 0 Å². The summed E-state index contributed by atoms with van der Waals surface area (Å²) in [6, 6.07) is 5.64. The van der Waals surface area contributed by atoms with E-state index in [0.29, 0.717) is 16.0 Å². The maximum Gasteiger partial charge on any atom is 0.252 e. The summed E-state index contributed by atoms with van der Waals surface area (Å²) in [6.45, 7) is 0.803. The zero-order valence-corrected chi connectivity index (χ0v) is 15.2. The van der Waals surface area contributed by atoms with Crippen LogP contribution in [-0.4, -0.2) is 12.5 Å². The van der Waals surface area contributed by atoms with Crippen LogP contribution < -0.4 is 5.32 Å². The molecule has 0 unspecified atom stereocenters. The van der Waals surface area contributed by atoms with Crippen molar-refractivity contribution in [2.24, 2.45) is 11.3 Å². The number of hydrogen-bond donors (Lipinski definition) is 1. The van der Waals surface area contributed by atoms with Crippen LogP contribution in [0.15, 0.2) is 18.2 Å². The molecule has 0 spiro atoms. The lowest BCUT2D eigenvalue weighted by atomic mass is 9.62. The molecule has 2 aliphatic carbocycles. The van der Waals surface area contributed by atoms with Crippen LogP contribution in [-0.2, 0) is 5.33 Å². The molecule has 0 aromatic heterocycles. The van der Waals surface area contributed by atoms with Gasteiger partial charge in [-0.25, -0.2) is 0 Å². The lowest BCUT2D eigenvalue weighted by Crippen LogP contribution is -2.43. The molecule has 1 aromatic rings. The van der Waals surface area contributed by atoms with Gasteiger partial charge in [0.05, 0.1) is 10.6 Å². The molecule has 2 saturated carbocycles. The van der Waals surface area contributed by atoms with Gasteiger partial charge in [0.2, 0.25) is 0 Å². The predicted molar refractivity (Wildman–Crippen MR) is 101 cm³/mol. The van der Waals surface area contributed by atoms with Crippen molar-refractivity contribution < 1.29 is 4.79 Å². The van der Waals surface area contributed by atoms with Crippen LogP contribution in [0.3, 0.4) is 0 Å². The summed E-state index contributed by atoms with van der Waals surface area (Å²) in [4.78, 5) is 12.5. The van der Waals surface area contributed by atoms with Crippen LogP contribution in [0.25, 0.3) is 0 Å². The van der Waals surface area contributed by atoms with E-state index in [1.54, 1.807) is 0 Å². The molecule has 2 bridgehead atoms. The van der Waals surface area contributed by atoms with Gasteiger partial charge in [0, 0.05) is 11.9 Å². The van der Waals surface area contributed by atoms with Gasteiger partial charge in [0.1, 0.15) is 0 Å². The number of alkyl halides is 1. The van der Waals surface area contributed by atoms with E-state index < -0.39 is 0 Å². The van der Waals surface area contributed by atoms with Gasteiger partial charge in [-0.3, -0.25) is 4.79 Å². The summed E-state index contributed by atoms with van der Waals surface area (Å²) in [6.07, 6.45) is 9.23. The number of nitrogens with one attached hydrogen (secondary N) is 1. The van der Waals surface area contributed by atoms with E-state index in [2.05, 4.69) is 21.2 Å². The van der Waals surface area contributed by atoms with Gasteiger partial charge >= 0.3 is 0 Å². The second kappa shape index (κ2) is 8.02. The Balaban J connectivity index is 0.00000192. The van der Waals surface area contributed by atoms with Crippen LogP contribution in [0.5, 0.6) is 0 Å². The number of hydrogen-bond acceptors (Lipinski definition) is 1. The first-order valence-electron chi connectivity index (χ1n) is 8.24. The Morgan fingerprint density at radius 3 is 2.65 bits per heavy atom. The molecular weight excluding hydrogens is 374 g/mol. The third-order valence-electron chi connectivity index (χ3n) is 5.41. The highest BCUT2D eigenvalue weighted by atomic mass is 79.9. The van der Waals surface area contributed by atoms with Crippen molar-refractivity contribution >= 4 is 33.4 Å². The molecule has 0 saturated heterocycles. The highest BCUT2D eigenvalue weighted by molar-refractivity contribution is 9.08. The fraction of sp³-hybridized carbons (Fsp3) is 0.632. The van der Waals surface area contributed by atoms with E-state index in [1.165, 1.54) is 44.9 Å². The van der Waals surface area contributed by atoms with Crippen LogP contribution in [0.2, 0.25) is 5.02 Å². The summed E-state index contributed by atoms with van der Waals surface area (Å²) in [7, 11) is 0. The first-order valence-corrected chi connectivity index (χ1v) is 9.74. The molecule has 128 valence electrons. The molecule has 0 radical (unpaired) electrons. The minimum absolute atomic E-state index is 0. The number of amides is 1. The van der Waals surface area contributed by atoms with Gasteiger partial charge in [-0.2, -0.15) is 0 Å². The molecular formula is C19H27BrClNO. The summed E-state index contributed by atoms with van der Waals surface area (Å²) in [5.74, 6) is 0.856. The van der Waals surface area contributed by atoms with E-state index in [1.807, 2.05) is 18.2 Å². The minimum Gasteiger partial charge on any atom is -0.351 e. The van der Waals surface area contributed by atoms with Gasteiger partial charge in [-0.1, -0.05) is 66.7 Å². The molecule has 0 atom stereocenters. The maximum atomic E-state index is 12.5. The Bertz CT molecular complexity index is 550. The minimum atomic E-state index is -0.0325. The molecule has 3 rings (SSSR count). The smallest absolute Gasteiger partial charge is 0.252 e. The Kier molecular flexibility index (Phi) is 6.56. The highest BCUT2D eigenvalue weighted by Crippen LogP contribution is 2.48. The van der Waals surface area contributed by atoms with Gasteiger partial charge < -0.3 is 5.32 Å².